The number of nitrogens with one attached hydrogen (secondary N) is 3. The van der Waals surface area contributed by atoms with E-state index in [4.69, 9.17) is 0 Å². The fraction of sp³-hybridized carbons (Fsp3) is 0.429. The fourth-order valence-corrected chi connectivity index (χ4v) is 1.51. The number of aryl methyl sites for hydroxylation is 1. The van der Waals surface area contributed by atoms with Gasteiger partial charge in [0.15, 0.2) is 0 Å². The lowest BCUT2D eigenvalue weighted by Crippen LogP contribution is -2.36. The molecule has 0 aromatic heterocycles. The number of carbonyl (C=O) groups is 2. The SMILES string of the molecule is CC(=O)NCCCNC(=O)NCc1ccc(C)cc1. The Morgan fingerprint density at radius 2 is 1.63 bits per heavy atom. The minimum absolute atomic E-state index is 0.0520. The first-order valence-electron chi connectivity index (χ1n) is 6.39. The van der Waals surface area contributed by atoms with Crippen molar-refractivity contribution in [3.8, 4) is 0 Å². The van der Waals surface area contributed by atoms with Crippen LogP contribution in [0.2, 0.25) is 0 Å². The molecule has 0 saturated carbocycles. The standard InChI is InChI=1S/C14H21N3O2/c1-11-4-6-13(7-5-11)10-17-14(19)16-9-3-8-15-12(2)18/h4-7H,3,8-10H2,1-2H3,(H,15,18)(H2,16,17,19). The maximum absolute atomic E-state index is 11.5. The zero-order valence-electron chi connectivity index (χ0n) is 11.5. The van der Waals surface area contributed by atoms with Crippen LogP contribution in [-0.4, -0.2) is 25.0 Å². The van der Waals surface area contributed by atoms with Gasteiger partial charge in [-0.1, -0.05) is 29.8 Å². The summed E-state index contributed by atoms with van der Waals surface area (Å²) in [7, 11) is 0. The molecule has 1 aromatic rings. The summed E-state index contributed by atoms with van der Waals surface area (Å²) in [4.78, 5) is 22.1. The molecule has 104 valence electrons. The van der Waals surface area contributed by atoms with Crippen molar-refractivity contribution in [2.75, 3.05) is 13.1 Å². The molecule has 0 atom stereocenters. The average molecular weight is 263 g/mol. The average Bonchev–Trinajstić information content (AvgIpc) is 2.37. The molecule has 5 nitrogen and oxygen atoms in total. The molecular weight excluding hydrogens is 242 g/mol. The molecule has 0 radical (unpaired) electrons. The third-order valence-corrected chi connectivity index (χ3v) is 2.59. The topological polar surface area (TPSA) is 70.2 Å². The van der Waals surface area contributed by atoms with Crippen molar-refractivity contribution in [3.05, 3.63) is 35.4 Å². The summed E-state index contributed by atoms with van der Waals surface area (Å²) in [6, 6.07) is 7.83. The highest BCUT2D eigenvalue weighted by Gasteiger charge is 1.99. The normalized spacial score (nSPS) is 9.79. The van der Waals surface area contributed by atoms with Crippen molar-refractivity contribution in [1.82, 2.24) is 16.0 Å². The number of rotatable bonds is 6. The Balaban J connectivity index is 2.11. The maximum atomic E-state index is 11.5. The predicted molar refractivity (Wildman–Crippen MR) is 74.7 cm³/mol. The zero-order chi connectivity index (χ0) is 14.1. The fourth-order valence-electron chi connectivity index (χ4n) is 1.51. The highest BCUT2D eigenvalue weighted by Crippen LogP contribution is 2.02. The van der Waals surface area contributed by atoms with Gasteiger partial charge in [0.2, 0.25) is 5.91 Å². The van der Waals surface area contributed by atoms with Gasteiger partial charge in [0.1, 0.15) is 0 Å². The Bertz CT molecular complexity index is 415. The minimum atomic E-state index is -0.191. The Hall–Kier alpha value is -2.04. The van der Waals surface area contributed by atoms with Crippen molar-refractivity contribution < 1.29 is 9.59 Å². The summed E-state index contributed by atoms with van der Waals surface area (Å²) >= 11 is 0. The number of hydrogen-bond acceptors (Lipinski definition) is 2. The molecule has 1 aromatic carbocycles. The first-order valence-corrected chi connectivity index (χ1v) is 6.39. The van der Waals surface area contributed by atoms with E-state index in [-0.39, 0.29) is 11.9 Å². The van der Waals surface area contributed by atoms with Crippen molar-refractivity contribution in [1.29, 1.82) is 0 Å². The summed E-state index contributed by atoms with van der Waals surface area (Å²) < 4.78 is 0. The van der Waals surface area contributed by atoms with Crippen molar-refractivity contribution in [2.45, 2.75) is 26.8 Å². The van der Waals surface area contributed by atoms with Crippen LogP contribution in [0, 0.1) is 6.92 Å². The molecule has 0 bridgehead atoms. The van der Waals surface area contributed by atoms with Gasteiger partial charge in [-0.15, -0.1) is 0 Å². The largest absolute Gasteiger partial charge is 0.356 e. The van der Waals surface area contributed by atoms with Crippen LogP contribution in [-0.2, 0) is 11.3 Å². The van der Waals surface area contributed by atoms with Crippen molar-refractivity contribution >= 4 is 11.9 Å². The van der Waals surface area contributed by atoms with Crippen LogP contribution in [0.1, 0.15) is 24.5 Å². The summed E-state index contributed by atoms with van der Waals surface area (Å²) in [6.45, 7) is 5.13. The first kappa shape index (κ1) is 15.0. The Labute approximate surface area is 113 Å². The number of benzene rings is 1. The second kappa shape index (κ2) is 8.13. The number of carbonyl (C=O) groups excluding carboxylic acids is 2. The van der Waals surface area contributed by atoms with E-state index < -0.39 is 0 Å². The molecule has 3 amide bonds. The minimum Gasteiger partial charge on any atom is -0.356 e. The summed E-state index contributed by atoms with van der Waals surface area (Å²) in [5.41, 5.74) is 2.27. The molecule has 0 aliphatic carbocycles. The van der Waals surface area contributed by atoms with Crippen LogP contribution in [0.3, 0.4) is 0 Å². The van der Waals surface area contributed by atoms with E-state index in [2.05, 4.69) is 16.0 Å². The Morgan fingerprint density at radius 1 is 1.00 bits per heavy atom. The summed E-state index contributed by atoms with van der Waals surface area (Å²) in [5.74, 6) is -0.0520. The number of hydrogen-bond donors (Lipinski definition) is 3. The molecule has 0 spiro atoms. The molecule has 19 heavy (non-hydrogen) atoms. The van der Waals surface area contributed by atoms with Crippen LogP contribution in [0.15, 0.2) is 24.3 Å². The van der Waals surface area contributed by atoms with Gasteiger partial charge in [0.05, 0.1) is 0 Å². The van der Waals surface area contributed by atoms with Gasteiger partial charge in [-0.25, -0.2) is 4.79 Å². The molecule has 0 saturated heterocycles. The third kappa shape index (κ3) is 7.08. The smallest absolute Gasteiger partial charge is 0.315 e. The Morgan fingerprint density at radius 3 is 2.26 bits per heavy atom. The van der Waals surface area contributed by atoms with E-state index >= 15 is 0 Å². The van der Waals surface area contributed by atoms with Gasteiger partial charge in [-0.05, 0) is 18.9 Å². The van der Waals surface area contributed by atoms with Crippen LogP contribution in [0.5, 0.6) is 0 Å². The van der Waals surface area contributed by atoms with Crippen LogP contribution in [0.4, 0.5) is 4.79 Å². The van der Waals surface area contributed by atoms with Crippen LogP contribution in [0.25, 0.3) is 0 Å². The lowest BCUT2D eigenvalue weighted by Gasteiger charge is -2.08. The van der Waals surface area contributed by atoms with E-state index in [0.717, 1.165) is 12.0 Å². The Kier molecular flexibility index (Phi) is 6.43. The van der Waals surface area contributed by atoms with Gasteiger partial charge in [-0.2, -0.15) is 0 Å². The van der Waals surface area contributed by atoms with E-state index in [1.165, 1.54) is 12.5 Å². The second-order valence-electron chi connectivity index (χ2n) is 4.43. The zero-order valence-corrected chi connectivity index (χ0v) is 11.5. The highest BCUT2D eigenvalue weighted by molar-refractivity contribution is 5.74. The van der Waals surface area contributed by atoms with Crippen LogP contribution < -0.4 is 16.0 Å². The second-order valence-corrected chi connectivity index (χ2v) is 4.43. The van der Waals surface area contributed by atoms with Crippen LogP contribution >= 0.6 is 0 Å². The van der Waals surface area contributed by atoms with Gasteiger partial charge in [-0.3, -0.25) is 4.79 Å². The maximum Gasteiger partial charge on any atom is 0.315 e. The van der Waals surface area contributed by atoms with E-state index in [1.807, 2.05) is 31.2 Å². The molecule has 0 heterocycles. The molecule has 1 rings (SSSR count). The predicted octanol–water partition coefficient (Wildman–Crippen LogP) is 1.32. The lowest BCUT2D eigenvalue weighted by molar-refractivity contribution is -0.118. The first-order chi connectivity index (χ1) is 9.08. The third-order valence-electron chi connectivity index (χ3n) is 2.59. The number of urea groups is 1. The quantitative estimate of drug-likeness (QED) is 0.677. The molecule has 0 aliphatic heterocycles. The summed E-state index contributed by atoms with van der Waals surface area (Å²) in [6.07, 6.45) is 0.720. The van der Waals surface area contributed by atoms with Gasteiger partial charge in [0.25, 0.3) is 0 Å². The van der Waals surface area contributed by atoms with Gasteiger partial charge in [0, 0.05) is 26.6 Å². The molecule has 0 fully saturated rings. The molecular formula is C14H21N3O2. The molecule has 3 N–H and O–H groups in total. The van der Waals surface area contributed by atoms with Crippen molar-refractivity contribution in [2.24, 2.45) is 0 Å². The van der Waals surface area contributed by atoms with Gasteiger partial charge < -0.3 is 16.0 Å². The molecule has 0 aliphatic rings. The lowest BCUT2D eigenvalue weighted by atomic mass is 10.1. The van der Waals surface area contributed by atoms with E-state index in [1.54, 1.807) is 0 Å². The summed E-state index contributed by atoms with van der Waals surface area (Å²) in [5, 5.41) is 8.19. The molecule has 5 heteroatoms. The van der Waals surface area contributed by atoms with Gasteiger partial charge >= 0.3 is 6.03 Å². The van der Waals surface area contributed by atoms with Crippen molar-refractivity contribution in [3.63, 3.8) is 0 Å². The van der Waals surface area contributed by atoms with E-state index in [0.29, 0.717) is 19.6 Å². The number of amides is 3. The monoisotopic (exact) mass is 263 g/mol. The van der Waals surface area contributed by atoms with E-state index in [9.17, 15) is 9.59 Å². The molecule has 0 unspecified atom stereocenters. The highest BCUT2D eigenvalue weighted by atomic mass is 16.2.